The lowest BCUT2D eigenvalue weighted by atomic mass is 9.92. The third kappa shape index (κ3) is 4.71. The number of imide groups is 1. The van der Waals surface area contributed by atoms with E-state index in [0.717, 1.165) is 17.7 Å². The summed E-state index contributed by atoms with van der Waals surface area (Å²) in [6.45, 7) is 1.66. The van der Waals surface area contributed by atoms with Gasteiger partial charge in [-0.2, -0.15) is 0 Å². The van der Waals surface area contributed by atoms with Crippen LogP contribution in [0.3, 0.4) is 0 Å². The van der Waals surface area contributed by atoms with Gasteiger partial charge in [-0.3, -0.25) is 14.5 Å². The minimum Gasteiger partial charge on any atom is -0.355 e. The summed E-state index contributed by atoms with van der Waals surface area (Å²) in [5.41, 5.74) is 0.256. The first-order valence-corrected chi connectivity index (χ1v) is 9.97. The minimum atomic E-state index is -1.35. The first kappa shape index (κ1) is 21.1. The topological polar surface area (TPSA) is 78.5 Å². The fourth-order valence-electron chi connectivity index (χ4n) is 3.28. The van der Waals surface area contributed by atoms with Crippen molar-refractivity contribution >= 4 is 41.0 Å². The highest BCUT2D eigenvalue weighted by molar-refractivity contribution is 6.35. The van der Waals surface area contributed by atoms with Crippen LogP contribution in [0.5, 0.6) is 0 Å². The number of halogens is 2. The van der Waals surface area contributed by atoms with Crippen LogP contribution in [0.4, 0.5) is 4.79 Å². The predicted octanol–water partition coefficient (Wildman–Crippen LogP) is 3.51. The number of rotatable bonds is 7. The summed E-state index contributed by atoms with van der Waals surface area (Å²) in [7, 11) is 0. The van der Waals surface area contributed by atoms with Crippen molar-refractivity contribution in [3.8, 4) is 0 Å². The van der Waals surface area contributed by atoms with Crippen LogP contribution in [0, 0.1) is 0 Å². The summed E-state index contributed by atoms with van der Waals surface area (Å²) in [5.74, 6) is -0.931. The highest BCUT2D eigenvalue weighted by Crippen LogP contribution is 2.34. The van der Waals surface area contributed by atoms with Gasteiger partial charge in [-0.15, -0.1) is 0 Å². The van der Waals surface area contributed by atoms with Crippen LogP contribution in [0.15, 0.2) is 48.5 Å². The van der Waals surface area contributed by atoms with Gasteiger partial charge in [-0.05, 0) is 37.5 Å². The number of hydrogen-bond donors (Lipinski definition) is 2. The molecule has 2 N–H and O–H groups in total. The molecule has 0 spiro atoms. The van der Waals surface area contributed by atoms with E-state index in [1.807, 2.05) is 30.3 Å². The highest BCUT2D eigenvalue weighted by atomic mass is 35.5. The van der Waals surface area contributed by atoms with Gasteiger partial charge in [0.15, 0.2) is 0 Å². The molecule has 4 amide bonds. The molecule has 0 radical (unpaired) electrons. The number of nitrogens with one attached hydrogen (secondary N) is 2. The van der Waals surface area contributed by atoms with Crippen molar-refractivity contribution in [3.05, 3.63) is 69.7 Å². The van der Waals surface area contributed by atoms with Crippen LogP contribution in [0.25, 0.3) is 0 Å². The molecule has 0 aliphatic carbocycles. The lowest BCUT2D eigenvalue weighted by molar-refractivity contribution is -0.134. The van der Waals surface area contributed by atoms with Crippen molar-refractivity contribution in [2.75, 3.05) is 13.1 Å². The molecule has 2 aromatic carbocycles. The van der Waals surface area contributed by atoms with Gasteiger partial charge in [0.1, 0.15) is 12.1 Å². The molecule has 29 heavy (non-hydrogen) atoms. The summed E-state index contributed by atoms with van der Waals surface area (Å²) in [4.78, 5) is 38.4. The largest absolute Gasteiger partial charge is 0.355 e. The van der Waals surface area contributed by atoms with Gasteiger partial charge in [0, 0.05) is 22.2 Å². The van der Waals surface area contributed by atoms with Gasteiger partial charge in [0.2, 0.25) is 5.91 Å². The molecular formula is C21H21Cl2N3O3. The number of hydrogen-bond acceptors (Lipinski definition) is 3. The van der Waals surface area contributed by atoms with Crippen LogP contribution < -0.4 is 10.6 Å². The summed E-state index contributed by atoms with van der Waals surface area (Å²) in [6.07, 6.45) is 1.59. The lowest BCUT2D eigenvalue weighted by Crippen LogP contribution is -2.43. The second-order valence-corrected chi connectivity index (χ2v) is 7.85. The number of aryl methyl sites for hydroxylation is 1. The van der Waals surface area contributed by atoms with E-state index < -0.39 is 23.4 Å². The highest BCUT2D eigenvalue weighted by Gasteiger charge is 2.50. The molecule has 0 unspecified atom stereocenters. The molecule has 0 aromatic heterocycles. The van der Waals surface area contributed by atoms with Crippen LogP contribution in [-0.2, 0) is 21.5 Å². The van der Waals surface area contributed by atoms with Crippen molar-refractivity contribution in [1.82, 2.24) is 15.5 Å². The number of carbonyl (C=O) groups excluding carboxylic acids is 3. The number of carbonyl (C=O) groups is 3. The van der Waals surface area contributed by atoms with Crippen molar-refractivity contribution in [2.24, 2.45) is 0 Å². The normalized spacial score (nSPS) is 18.7. The van der Waals surface area contributed by atoms with E-state index in [1.54, 1.807) is 19.1 Å². The van der Waals surface area contributed by atoms with Gasteiger partial charge >= 0.3 is 6.03 Å². The Morgan fingerprint density at radius 3 is 2.55 bits per heavy atom. The van der Waals surface area contributed by atoms with E-state index in [4.69, 9.17) is 23.2 Å². The maximum absolute atomic E-state index is 12.9. The van der Waals surface area contributed by atoms with Crippen molar-refractivity contribution < 1.29 is 14.4 Å². The van der Waals surface area contributed by atoms with E-state index in [2.05, 4.69) is 10.6 Å². The molecule has 0 bridgehead atoms. The standard InChI is InChI=1S/C21H21Cl2N3O3/c1-21(16-10-9-15(22)12-17(16)23)19(28)26(20(29)25-21)13-18(27)24-11-5-8-14-6-3-2-4-7-14/h2-4,6-7,9-10,12H,5,8,11,13H2,1H3,(H,24,27)(H,25,29)/t21-/m0/s1. The monoisotopic (exact) mass is 433 g/mol. The SMILES string of the molecule is C[C@@]1(c2ccc(Cl)cc2Cl)NC(=O)N(CC(=O)NCCCc2ccccc2)C1=O. The molecule has 0 saturated carbocycles. The summed E-state index contributed by atoms with van der Waals surface area (Å²) in [6, 6.07) is 14.0. The van der Waals surface area contributed by atoms with Crippen molar-refractivity contribution in [1.29, 1.82) is 0 Å². The average molecular weight is 434 g/mol. The maximum Gasteiger partial charge on any atom is 0.325 e. The van der Waals surface area contributed by atoms with E-state index in [-0.39, 0.29) is 11.6 Å². The Labute approximate surface area is 179 Å². The van der Waals surface area contributed by atoms with Crippen LogP contribution >= 0.6 is 23.2 Å². The third-order valence-corrected chi connectivity index (χ3v) is 5.40. The second-order valence-electron chi connectivity index (χ2n) is 7.01. The molecule has 152 valence electrons. The quantitative estimate of drug-likeness (QED) is 0.517. The zero-order valence-electron chi connectivity index (χ0n) is 15.9. The maximum atomic E-state index is 12.9. The molecule has 1 aliphatic heterocycles. The molecule has 6 nitrogen and oxygen atoms in total. The Morgan fingerprint density at radius 1 is 1.14 bits per heavy atom. The molecular weight excluding hydrogens is 413 g/mol. The first-order chi connectivity index (χ1) is 13.8. The van der Waals surface area contributed by atoms with E-state index in [0.29, 0.717) is 17.1 Å². The number of benzene rings is 2. The molecule has 8 heteroatoms. The van der Waals surface area contributed by atoms with Crippen LogP contribution in [-0.4, -0.2) is 35.8 Å². The summed E-state index contributed by atoms with van der Waals surface area (Å²) >= 11 is 12.1. The number of nitrogens with zero attached hydrogens (tertiary/aromatic N) is 1. The second kappa shape index (κ2) is 8.84. The number of urea groups is 1. The van der Waals surface area contributed by atoms with Gasteiger partial charge in [0.05, 0.1) is 0 Å². The summed E-state index contributed by atoms with van der Waals surface area (Å²) < 4.78 is 0. The Balaban J connectivity index is 1.57. The minimum absolute atomic E-state index is 0.265. The Hall–Kier alpha value is -2.57. The van der Waals surface area contributed by atoms with E-state index in [1.165, 1.54) is 11.6 Å². The Bertz CT molecular complexity index is 936. The molecule has 2 aromatic rings. The molecule has 1 aliphatic rings. The van der Waals surface area contributed by atoms with Crippen LogP contribution in [0.2, 0.25) is 10.0 Å². The molecule has 3 rings (SSSR count). The zero-order valence-corrected chi connectivity index (χ0v) is 17.4. The molecule has 1 saturated heterocycles. The Morgan fingerprint density at radius 2 is 1.86 bits per heavy atom. The zero-order chi connectivity index (χ0) is 21.0. The third-order valence-electron chi connectivity index (χ3n) is 4.85. The van der Waals surface area contributed by atoms with Gasteiger partial charge in [-0.25, -0.2) is 4.79 Å². The van der Waals surface area contributed by atoms with Crippen molar-refractivity contribution in [3.63, 3.8) is 0 Å². The molecule has 1 atom stereocenters. The lowest BCUT2D eigenvalue weighted by Gasteiger charge is -2.23. The van der Waals surface area contributed by atoms with Gasteiger partial charge in [-0.1, -0.05) is 59.6 Å². The number of amides is 4. The van der Waals surface area contributed by atoms with Gasteiger partial charge < -0.3 is 10.6 Å². The molecule has 1 fully saturated rings. The fourth-order valence-corrected chi connectivity index (χ4v) is 3.88. The average Bonchev–Trinajstić information content (AvgIpc) is 2.89. The van der Waals surface area contributed by atoms with Gasteiger partial charge in [0.25, 0.3) is 5.91 Å². The van der Waals surface area contributed by atoms with E-state index in [9.17, 15) is 14.4 Å². The molecule has 1 heterocycles. The van der Waals surface area contributed by atoms with Crippen LogP contribution in [0.1, 0.15) is 24.5 Å². The first-order valence-electron chi connectivity index (χ1n) is 9.21. The smallest absolute Gasteiger partial charge is 0.325 e. The Kier molecular flexibility index (Phi) is 6.45. The predicted molar refractivity (Wildman–Crippen MR) is 112 cm³/mol. The summed E-state index contributed by atoms with van der Waals surface area (Å²) in [5, 5.41) is 6.07. The van der Waals surface area contributed by atoms with E-state index >= 15 is 0 Å². The fraction of sp³-hybridized carbons (Fsp3) is 0.286. The van der Waals surface area contributed by atoms with Crippen molar-refractivity contribution in [2.45, 2.75) is 25.3 Å².